The van der Waals surface area contributed by atoms with Crippen LogP contribution in [-0.4, -0.2) is 12.5 Å². The van der Waals surface area contributed by atoms with Gasteiger partial charge in [0.1, 0.15) is 0 Å². The van der Waals surface area contributed by atoms with Gasteiger partial charge in [0.2, 0.25) is 5.91 Å². The van der Waals surface area contributed by atoms with Crippen LogP contribution < -0.4 is 5.32 Å². The van der Waals surface area contributed by atoms with E-state index in [1.807, 2.05) is 31.4 Å². The highest BCUT2D eigenvalue weighted by Crippen LogP contribution is 2.16. The molecule has 0 fully saturated rings. The molecule has 0 spiro atoms. The maximum Gasteiger partial charge on any atom is 0.244 e. The molecule has 0 saturated heterocycles. The lowest BCUT2D eigenvalue weighted by atomic mass is 10.3. The van der Waals surface area contributed by atoms with Gasteiger partial charge < -0.3 is 5.32 Å². The minimum atomic E-state index is -0.0780. The molecule has 2 nitrogen and oxygen atoms in total. The Bertz CT molecular complexity index is 390. The normalized spacial score (nSPS) is 10.5. The molecule has 3 heteroatoms. The minimum Gasteiger partial charge on any atom is -0.349 e. The van der Waals surface area contributed by atoms with E-state index < -0.39 is 0 Å². The quantitative estimate of drug-likeness (QED) is 0.614. The zero-order valence-electron chi connectivity index (χ0n) is 9.04. The smallest absolute Gasteiger partial charge is 0.244 e. The summed E-state index contributed by atoms with van der Waals surface area (Å²) in [6, 6.07) is 2.04. The predicted molar refractivity (Wildman–Crippen MR) is 65.9 cm³/mol. The summed E-state index contributed by atoms with van der Waals surface area (Å²) in [5, 5.41) is 4.76. The summed E-state index contributed by atoms with van der Waals surface area (Å²) in [6.45, 7) is 8.16. The first-order valence-electron chi connectivity index (χ1n) is 4.74. The Balaban J connectivity index is 2.48. The second-order valence-corrected chi connectivity index (χ2v) is 4.42. The highest BCUT2D eigenvalue weighted by molar-refractivity contribution is 7.11. The van der Waals surface area contributed by atoms with Gasteiger partial charge in [-0.3, -0.25) is 4.79 Å². The van der Waals surface area contributed by atoms with E-state index in [0.717, 1.165) is 10.5 Å². The summed E-state index contributed by atoms with van der Waals surface area (Å²) in [7, 11) is 0. The summed E-state index contributed by atoms with van der Waals surface area (Å²) in [5.74, 6) is -0.0780. The van der Waals surface area contributed by atoms with Gasteiger partial charge in [0, 0.05) is 17.5 Å². The zero-order valence-corrected chi connectivity index (χ0v) is 9.86. The monoisotopic (exact) mass is 221 g/mol. The van der Waals surface area contributed by atoms with E-state index in [-0.39, 0.29) is 5.91 Å². The maximum absolute atomic E-state index is 11.3. The number of rotatable bonds is 4. The highest BCUT2D eigenvalue weighted by Gasteiger charge is 1.97. The molecule has 80 valence electrons. The fourth-order valence-corrected chi connectivity index (χ4v) is 1.82. The first-order chi connectivity index (χ1) is 7.09. The predicted octanol–water partition coefficient (Wildman–Crippen LogP) is 2.76. The summed E-state index contributed by atoms with van der Waals surface area (Å²) in [4.78, 5) is 12.4. The van der Waals surface area contributed by atoms with Crippen LogP contribution in [0.3, 0.4) is 0 Å². The van der Waals surface area contributed by atoms with Gasteiger partial charge in [-0.2, -0.15) is 0 Å². The van der Waals surface area contributed by atoms with Crippen LogP contribution in [0.2, 0.25) is 0 Å². The SMILES string of the molecule is C=C(C)CNC(=O)/C=C/c1sccc1C. The lowest BCUT2D eigenvalue weighted by molar-refractivity contribution is -0.116. The molecule has 0 unspecified atom stereocenters. The number of nitrogens with one attached hydrogen (secondary N) is 1. The molecule has 1 aromatic rings. The molecular weight excluding hydrogens is 206 g/mol. The van der Waals surface area contributed by atoms with E-state index in [1.54, 1.807) is 17.4 Å². The molecule has 0 aromatic carbocycles. The molecule has 0 atom stereocenters. The standard InChI is InChI=1S/C12H15NOS/c1-9(2)8-13-12(14)5-4-11-10(3)6-7-15-11/h4-7H,1,8H2,2-3H3,(H,13,14)/b5-4+. The number of hydrogen-bond acceptors (Lipinski definition) is 2. The lowest BCUT2D eigenvalue weighted by Crippen LogP contribution is -2.22. The Hall–Kier alpha value is -1.35. The minimum absolute atomic E-state index is 0.0780. The molecular formula is C12H15NOS. The molecule has 0 bridgehead atoms. The fraction of sp³-hybridized carbons (Fsp3) is 0.250. The molecule has 0 aliphatic carbocycles. The Labute approximate surface area is 94.3 Å². The summed E-state index contributed by atoms with van der Waals surface area (Å²) in [6.07, 6.45) is 3.40. The fourth-order valence-electron chi connectivity index (χ4n) is 1.00. The van der Waals surface area contributed by atoms with Crippen molar-refractivity contribution in [2.75, 3.05) is 6.54 Å². The Morgan fingerprint density at radius 1 is 1.67 bits per heavy atom. The van der Waals surface area contributed by atoms with E-state index >= 15 is 0 Å². The molecule has 0 saturated carbocycles. The van der Waals surface area contributed by atoms with Crippen molar-refractivity contribution in [2.45, 2.75) is 13.8 Å². The Morgan fingerprint density at radius 3 is 2.93 bits per heavy atom. The number of amides is 1. The second kappa shape index (κ2) is 5.51. The van der Waals surface area contributed by atoms with Crippen molar-refractivity contribution in [3.8, 4) is 0 Å². The van der Waals surface area contributed by atoms with Crippen molar-refractivity contribution in [3.63, 3.8) is 0 Å². The van der Waals surface area contributed by atoms with Crippen LogP contribution in [0.15, 0.2) is 29.7 Å². The van der Waals surface area contributed by atoms with Crippen molar-refractivity contribution in [1.29, 1.82) is 0 Å². The van der Waals surface area contributed by atoms with Gasteiger partial charge in [0.25, 0.3) is 0 Å². The molecule has 0 aliphatic rings. The number of carbonyl (C=O) groups excluding carboxylic acids is 1. The number of thiophene rings is 1. The van der Waals surface area contributed by atoms with Gasteiger partial charge in [0.05, 0.1) is 0 Å². The van der Waals surface area contributed by atoms with Gasteiger partial charge in [-0.25, -0.2) is 0 Å². The van der Waals surface area contributed by atoms with Crippen LogP contribution in [0.1, 0.15) is 17.4 Å². The second-order valence-electron chi connectivity index (χ2n) is 3.48. The third kappa shape index (κ3) is 4.13. The molecule has 1 heterocycles. The van der Waals surface area contributed by atoms with E-state index in [9.17, 15) is 4.79 Å². The average molecular weight is 221 g/mol. The molecule has 0 aliphatic heterocycles. The molecule has 1 aromatic heterocycles. The van der Waals surface area contributed by atoms with Crippen molar-refractivity contribution in [1.82, 2.24) is 5.32 Å². The first-order valence-corrected chi connectivity index (χ1v) is 5.62. The Kier molecular flexibility index (Phi) is 4.31. The number of hydrogen-bond donors (Lipinski definition) is 1. The van der Waals surface area contributed by atoms with Crippen LogP contribution in [0, 0.1) is 6.92 Å². The van der Waals surface area contributed by atoms with Gasteiger partial charge >= 0.3 is 0 Å². The summed E-state index contributed by atoms with van der Waals surface area (Å²) < 4.78 is 0. The van der Waals surface area contributed by atoms with Crippen LogP contribution in [0.25, 0.3) is 6.08 Å². The molecule has 15 heavy (non-hydrogen) atoms. The van der Waals surface area contributed by atoms with Gasteiger partial charge in [-0.1, -0.05) is 12.2 Å². The van der Waals surface area contributed by atoms with Crippen molar-refractivity contribution in [3.05, 3.63) is 40.1 Å². The molecule has 0 radical (unpaired) electrons. The highest BCUT2D eigenvalue weighted by atomic mass is 32.1. The van der Waals surface area contributed by atoms with Gasteiger partial charge in [-0.15, -0.1) is 11.3 Å². The average Bonchev–Trinajstić information content (AvgIpc) is 2.58. The lowest BCUT2D eigenvalue weighted by Gasteiger charge is -1.99. The van der Waals surface area contributed by atoms with E-state index in [1.165, 1.54) is 5.56 Å². The number of carbonyl (C=O) groups is 1. The largest absolute Gasteiger partial charge is 0.349 e. The maximum atomic E-state index is 11.3. The molecule has 1 rings (SSSR count). The van der Waals surface area contributed by atoms with Crippen LogP contribution >= 0.6 is 11.3 Å². The molecule has 1 N–H and O–H groups in total. The van der Waals surface area contributed by atoms with Crippen LogP contribution in [0.4, 0.5) is 0 Å². The number of aryl methyl sites for hydroxylation is 1. The third-order valence-corrected chi connectivity index (χ3v) is 2.84. The van der Waals surface area contributed by atoms with Crippen LogP contribution in [-0.2, 0) is 4.79 Å². The van der Waals surface area contributed by atoms with Crippen molar-refractivity contribution in [2.24, 2.45) is 0 Å². The topological polar surface area (TPSA) is 29.1 Å². The molecule has 1 amide bonds. The van der Waals surface area contributed by atoms with Gasteiger partial charge in [-0.05, 0) is 36.9 Å². The van der Waals surface area contributed by atoms with E-state index in [2.05, 4.69) is 11.9 Å². The van der Waals surface area contributed by atoms with Gasteiger partial charge in [0.15, 0.2) is 0 Å². The van der Waals surface area contributed by atoms with Crippen molar-refractivity contribution >= 4 is 23.3 Å². The summed E-state index contributed by atoms with van der Waals surface area (Å²) in [5.41, 5.74) is 2.15. The third-order valence-electron chi connectivity index (χ3n) is 1.85. The van der Waals surface area contributed by atoms with Crippen molar-refractivity contribution < 1.29 is 4.79 Å². The van der Waals surface area contributed by atoms with Crippen LogP contribution in [0.5, 0.6) is 0 Å². The first kappa shape index (κ1) is 11.7. The summed E-state index contributed by atoms with van der Waals surface area (Å²) >= 11 is 1.63. The van der Waals surface area contributed by atoms with E-state index in [4.69, 9.17) is 0 Å². The Morgan fingerprint density at radius 2 is 2.40 bits per heavy atom. The van der Waals surface area contributed by atoms with E-state index in [0.29, 0.717) is 6.54 Å². The zero-order chi connectivity index (χ0) is 11.3.